The van der Waals surface area contributed by atoms with Crippen LogP contribution in [0.1, 0.15) is 13.3 Å². The number of carbonyl (C=O) groups excluding carboxylic acids is 1. The van der Waals surface area contributed by atoms with Gasteiger partial charge in [-0.1, -0.05) is 6.92 Å². The van der Waals surface area contributed by atoms with Gasteiger partial charge in [0, 0.05) is 30.6 Å². The lowest BCUT2D eigenvalue weighted by molar-refractivity contribution is -0.133. The fraction of sp³-hybridized carbons (Fsp3) is 0.900. The predicted molar refractivity (Wildman–Crippen MR) is 68.2 cm³/mol. The van der Waals surface area contributed by atoms with Crippen LogP contribution in [0.3, 0.4) is 0 Å². The number of rotatable bonds is 1. The Hall–Kier alpha value is 0.0300. The molecule has 0 aromatic heterocycles. The largest absolute Gasteiger partial charge is 0.392 e. The molecule has 4 nitrogen and oxygen atoms in total. The van der Waals surface area contributed by atoms with E-state index < -0.39 is 0 Å². The van der Waals surface area contributed by atoms with E-state index in [9.17, 15) is 9.90 Å². The number of aliphatic hydroxyl groups is 1. The summed E-state index contributed by atoms with van der Waals surface area (Å²) in [6.45, 7) is 4.40. The fourth-order valence-electron chi connectivity index (χ4n) is 2.14. The summed E-state index contributed by atoms with van der Waals surface area (Å²) in [6, 6.07) is -0.157. The van der Waals surface area contributed by atoms with E-state index in [4.69, 9.17) is 0 Å². The number of hydrogen-bond acceptors (Lipinski definition) is 4. The fourth-order valence-corrected chi connectivity index (χ4v) is 3.16. The summed E-state index contributed by atoms with van der Waals surface area (Å²) in [5, 5.41) is 13.0. The van der Waals surface area contributed by atoms with Crippen LogP contribution in [-0.4, -0.2) is 58.7 Å². The molecular weight excluding hydrogens is 248 g/mol. The van der Waals surface area contributed by atoms with Crippen molar-refractivity contribution in [2.24, 2.45) is 0 Å². The number of amides is 1. The van der Waals surface area contributed by atoms with Crippen LogP contribution in [0.25, 0.3) is 0 Å². The van der Waals surface area contributed by atoms with E-state index in [2.05, 4.69) is 12.2 Å². The normalized spacial score (nSPS) is 34.6. The lowest BCUT2D eigenvalue weighted by Gasteiger charge is -2.32. The molecule has 0 bridgehead atoms. The number of β-amino-alcohol motifs (C(OH)–C–C–N with tert-alkyl or cyclic N) is 1. The topological polar surface area (TPSA) is 52.6 Å². The summed E-state index contributed by atoms with van der Waals surface area (Å²) in [5.41, 5.74) is 0. The molecular formula is C10H19ClN2O2S. The van der Waals surface area contributed by atoms with Crippen molar-refractivity contribution in [1.29, 1.82) is 0 Å². The van der Waals surface area contributed by atoms with Crippen molar-refractivity contribution in [1.82, 2.24) is 10.2 Å². The third-order valence-corrected chi connectivity index (χ3v) is 4.09. The van der Waals surface area contributed by atoms with Crippen LogP contribution < -0.4 is 5.32 Å². The van der Waals surface area contributed by atoms with Gasteiger partial charge in [0.25, 0.3) is 0 Å². The van der Waals surface area contributed by atoms with Gasteiger partial charge in [0.05, 0.1) is 12.1 Å². The summed E-state index contributed by atoms with van der Waals surface area (Å²) in [7, 11) is 0. The van der Waals surface area contributed by atoms with Crippen LogP contribution >= 0.6 is 24.2 Å². The second-order valence-corrected chi connectivity index (χ2v) is 5.86. The first-order valence-electron chi connectivity index (χ1n) is 5.48. The number of carbonyl (C=O) groups is 1. The third kappa shape index (κ3) is 3.26. The predicted octanol–water partition coefficient (Wildman–Crippen LogP) is 0.0949. The van der Waals surface area contributed by atoms with Crippen molar-refractivity contribution < 1.29 is 9.90 Å². The second kappa shape index (κ2) is 6.10. The third-order valence-electron chi connectivity index (χ3n) is 2.96. The number of nitrogens with zero attached hydrogens (tertiary/aromatic N) is 1. The lowest BCUT2D eigenvalue weighted by atomic mass is 10.1. The van der Waals surface area contributed by atoms with Crippen LogP contribution in [0.2, 0.25) is 0 Å². The maximum absolute atomic E-state index is 12.0. The van der Waals surface area contributed by atoms with Gasteiger partial charge in [-0.3, -0.25) is 4.79 Å². The first-order valence-corrected chi connectivity index (χ1v) is 6.53. The second-order valence-electron chi connectivity index (χ2n) is 4.32. The Morgan fingerprint density at radius 2 is 2.31 bits per heavy atom. The Kier molecular flexibility index (Phi) is 5.37. The summed E-state index contributed by atoms with van der Waals surface area (Å²) in [5.74, 6) is 1.20. The minimum Gasteiger partial charge on any atom is -0.392 e. The molecule has 0 saturated carbocycles. The number of nitrogens with one attached hydrogen (secondary N) is 1. The van der Waals surface area contributed by atoms with Crippen molar-refractivity contribution in [3.05, 3.63) is 0 Å². The highest BCUT2D eigenvalue weighted by molar-refractivity contribution is 7.99. The Labute approximate surface area is 107 Å². The molecule has 6 heteroatoms. The van der Waals surface area contributed by atoms with E-state index >= 15 is 0 Å². The van der Waals surface area contributed by atoms with Crippen LogP contribution in [0.15, 0.2) is 0 Å². The highest BCUT2D eigenvalue weighted by atomic mass is 35.5. The van der Waals surface area contributed by atoms with Crippen molar-refractivity contribution in [3.63, 3.8) is 0 Å². The van der Waals surface area contributed by atoms with Crippen LogP contribution in [0, 0.1) is 0 Å². The van der Waals surface area contributed by atoms with Gasteiger partial charge in [-0.25, -0.2) is 0 Å². The van der Waals surface area contributed by atoms with Crippen molar-refractivity contribution in [2.45, 2.75) is 30.7 Å². The molecule has 3 atom stereocenters. The average Bonchev–Trinajstić information content (AvgIpc) is 2.64. The maximum Gasteiger partial charge on any atom is 0.239 e. The van der Waals surface area contributed by atoms with Crippen molar-refractivity contribution in [2.75, 3.05) is 25.4 Å². The van der Waals surface area contributed by atoms with Gasteiger partial charge in [0.15, 0.2) is 0 Å². The zero-order chi connectivity index (χ0) is 10.8. The first kappa shape index (κ1) is 14.1. The average molecular weight is 267 g/mol. The molecule has 16 heavy (non-hydrogen) atoms. The zero-order valence-corrected chi connectivity index (χ0v) is 11.0. The first-order chi connectivity index (χ1) is 7.16. The standard InChI is InChI=1S/C10H18N2O2S.ClH/c1-7-6-12(2-3-15-7)10(14)9-4-8(13)5-11-9;/h7-9,11,13H,2-6H2,1H3;1H. The molecule has 0 spiro atoms. The Morgan fingerprint density at radius 3 is 2.88 bits per heavy atom. The number of hydrogen-bond donors (Lipinski definition) is 2. The molecule has 2 fully saturated rings. The lowest BCUT2D eigenvalue weighted by Crippen LogP contribution is -2.48. The molecule has 2 saturated heterocycles. The van der Waals surface area contributed by atoms with E-state index in [-0.39, 0.29) is 30.5 Å². The van der Waals surface area contributed by atoms with Crippen molar-refractivity contribution in [3.8, 4) is 0 Å². The van der Waals surface area contributed by atoms with E-state index in [1.807, 2.05) is 16.7 Å². The Bertz CT molecular complexity index is 255. The zero-order valence-electron chi connectivity index (χ0n) is 9.39. The molecule has 1 amide bonds. The molecule has 94 valence electrons. The smallest absolute Gasteiger partial charge is 0.239 e. The van der Waals surface area contributed by atoms with E-state index in [0.29, 0.717) is 18.2 Å². The van der Waals surface area contributed by atoms with Crippen LogP contribution in [0.4, 0.5) is 0 Å². The molecule has 0 radical (unpaired) electrons. The minimum atomic E-state index is -0.351. The molecule has 0 aromatic rings. The molecule has 2 heterocycles. The van der Waals surface area contributed by atoms with Gasteiger partial charge < -0.3 is 15.3 Å². The van der Waals surface area contributed by atoms with E-state index in [0.717, 1.165) is 18.8 Å². The van der Waals surface area contributed by atoms with Gasteiger partial charge in [0.2, 0.25) is 5.91 Å². The molecule has 2 aliphatic heterocycles. The number of thioether (sulfide) groups is 1. The quantitative estimate of drug-likeness (QED) is 0.707. The number of halogens is 1. The van der Waals surface area contributed by atoms with Gasteiger partial charge in [-0.15, -0.1) is 12.4 Å². The summed E-state index contributed by atoms with van der Waals surface area (Å²) in [4.78, 5) is 14.0. The van der Waals surface area contributed by atoms with Crippen LogP contribution in [0.5, 0.6) is 0 Å². The van der Waals surface area contributed by atoms with Gasteiger partial charge in [-0.05, 0) is 6.42 Å². The summed E-state index contributed by atoms with van der Waals surface area (Å²) < 4.78 is 0. The minimum absolute atomic E-state index is 0. The van der Waals surface area contributed by atoms with Crippen LogP contribution in [-0.2, 0) is 4.79 Å². The van der Waals surface area contributed by atoms with Gasteiger partial charge in [-0.2, -0.15) is 11.8 Å². The molecule has 2 rings (SSSR count). The molecule has 2 aliphatic rings. The van der Waals surface area contributed by atoms with Gasteiger partial charge in [0.1, 0.15) is 0 Å². The highest BCUT2D eigenvalue weighted by Gasteiger charge is 2.32. The summed E-state index contributed by atoms with van der Waals surface area (Å²) >= 11 is 1.92. The van der Waals surface area contributed by atoms with E-state index in [1.54, 1.807) is 0 Å². The van der Waals surface area contributed by atoms with Gasteiger partial charge >= 0.3 is 0 Å². The van der Waals surface area contributed by atoms with E-state index in [1.165, 1.54) is 0 Å². The number of aliphatic hydroxyl groups excluding tert-OH is 1. The Balaban J connectivity index is 0.00000128. The maximum atomic E-state index is 12.0. The Morgan fingerprint density at radius 1 is 1.56 bits per heavy atom. The summed E-state index contributed by atoms with van der Waals surface area (Å²) in [6.07, 6.45) is 0.215. The molecule has 3 unspecified atom stereocenters. The molecule has 0 aromatic carbocycles. The molecule has 2 N–H and O–H groups in total. The SMILES string of the molecule is CC1CN(C(=O)C2CC(O)CN2)CCS1.Cl. The van der Waals surface area contributed by atoms with Crippen molar-refractivity contribution >= 4 is 30.1 Å². The molecule has 0 aliphatic carbocycles. The monoisotopic (exact) mass is 266 g/mol. The highest BCUT2D eigenvalue weighted by Crippen LogP contribution is 2.19.